The number of nitrogens with one attached hydrogen (secondary N) is 1. The molecule has 1 aliphatic rings. The number of ether oxygens (including phenoxy) is 1. The molecular formula is C16H24N6O. The van der Waals surface area contributed by atoms with Crippen molar-refractivity contribution in [3.8, 4) is 5.88 Å². The minimum Gasteiger partial charge on any atom is -0.481 e. The first kappa shape index (κ1) is 15.7. The lowest BCUT2D eigenvalue weighted by Gasteiger charge is -2.39. The molecule has 1 aliphatic heterocycles. The molecule has 7 heteroatoms. The summed E-state index contributed by atoms with van der Waals surface area (Å²) < 4.78 is 7.12. The highest BCUT2D eigenvalue weighted by Crippen LogP contribution is 2.34. The van der Waals surface area contributed by atoms with Gasteiger partial charge in [-0.2, -0.15) is 10.1 Å². The standard InChI is InChI=1S/C16H24N6O/c1-21-10-4-5-12(15(21)13-6-9-19-22(13)2)11-18-16-17-8-7-14(20-16)23-3/h6-9,12,15H,4-5,10-11H2,1-3H3,(H,17,18,20)/t12-,15+/m0/s1. The van der Waals surface area contributed by atoms with E-state index in [1.807, 2.05) is 17.9 Å². The fourth-order valence-corrected chi connectivity index (χ4v) is 3.38. The summed E-state index contributed by atoms with van der Waals surface area (Å²) in [5.41, 5.74) is 1.26. The van der Waals surface area contributed by atoms with E-state index in [9.17, 15) is 0 Å². The van der Waals surface area contributed by atoms with Crippen molar-refractivity contribution in [3.63, 3.8) is 0 Å². The molecule has 0 aliphatic carbocycles. The smallest absolute Gasteiger partial charge is 0.225 e. The molecule has 1 N–H and O–H groups in total. The average molecular weight is 316 g/mol. The van der Waals surface area contributed by atoms with Gasteiger partial charge < -0.3 is 10.1 Å². The van der Waals surface area contributed by atoms with Crippen molar-refractivity contribution in [2.75, 3.05) is 32.6 Å². The zero-order valence-electron chi connectivity index (χ0n) is 13.9. The molecule has 7 nitrogen and oxygen atoms in total. The van der Waals surface area contributed by atoms with Gasteiger partial charge in [-0.25, -0.2) is 4.98 Å². The number of nitrogens with zero attached hydrogens (tertiary/aromatic N) is 5. The van der Waals surface area contributed by atoms with Crippen LogP contribution < -0.4 is 10.1 Å². The molecule has 0 spiro atoms. The van der Waals surface area contributed by atoms with E-state index in [1.165, 1.54) is 18.5 Å². The second kappa shape index (κ2) is 6.95. The molecule has 0 amide bonds. The number of piperidine rings is 1. The normalized spacial score (nSPS) is 22.0. The van der Waals surface area contributed by atoms with E-state index in [2.05, 4.69) is 38.4 Å². The Labute approximate surface area is 136 Å². The summed E-state index contributed by atoms with van der Waals surface area (Å²) in [5, 5.41) is 7.69. The van der Waals surface area contributed by atoms with Crippen LogP contribution in [0.25, 0.3) is 0 Å². The maximum atomic E-state index is 5.15. The third-order valence-corrected chi connectivity index (χ3v) is 4.53. The van der Waals surface area contributed by atoms with Crippen LogP contribution >= 0.6 is 0 Å². The molecule has 2 aromatic rings. The Bertz CT molecular complexity index is 643. The topological polar surface area (TPSA) is 68.1 Å². The highest BCUT2D eigenvalue weighted by atomic mass is 16.5. The molecule has 2 atom stereocenters. The molecule has 0 bridgehead atoms. The minimum absolute atomic E-state index is 0.356. The third-order valence-electron chi connectivity index (χ3n) is 4.53. The van der Waals surface area contributed by atoms with Crippen molar-refractivity contribution in [1.29, 1.82) is 0 Å². The van der Waals surface area contributed by atoms with Gasteiger partial charge in [0, 0.05) is 32.1 Å². The quantitative estimate of drug-likeness (QED) is 0.906. The number of aryl methyl sites for hydroxylation is 1. The van der Waals surface area contributed by atoms with E-state index in [4.69, 9.17) is 4.74 Å². The molecule has 0 aromatic carbocycles. The Morgan fingerprint density at radius 2 is 2.17 bits per heavy atom. The fraction of sp³-hybridized carbons (Fsp3) is 0.562. The maximum absolute atomic E-state index is 5.15. The maximum Gasteiger partial charge on any atom is 0.225 e. The summed E-state index contributed by atoms with van der Waals surface area (Å²) in [7, 11) is 5.81. The van der Waals surface area contributed by atoms with Crippen LogP contribution in [0.5, 0.6) is 5.88 Å². The van der Waals surface area contributed by atoms with Crippen LogP contribution in [0.15, 0.2) is 24.5 Å². The van der Waals surface area contributed by atoms with Crippen molar-refractivity contribution < 1.29 is 4.74 Å². The Kier molecular flexibility index (Phi) is 4.76. The van der Waals surface area contributed by atoms with Crippen molar-refractivity contribution in [1.82, 2.24) is 24.6 Å². The van der Waals surface area contributed by atoms with Gasteiger partial charge in [0.15, 0.2) is 0 Å². The summed E-state index contributed by atoms with van der Waals surface area (Å²) in [5.74, 6) is 1.67. The summed E-state index contributed by atoms with van der Waals surface area (Å²) >= 11 is 0. The van der Waals surface area contributed by atoms with Gasteiger partial charge in [0.05, 0.1) is 18.8 Å². The second-order valence-corrected chi connectivity index (χ2v) is 6.01. The molecule has 0 radical (unpaired) electrons. The zero-order chi connectivity index (χ0) is 16.2. The van der Waals surface area contributed by atoms with Gasteiger partial charge in [-0.05, 0) is 38.4 Å². The van der Waals surface area contributed by atoms with Gasteiger partial charge in [0.25, 0.3) is 0 Å². The first-order valence-electron chi connectivity index (χ1n) is 7.98. The van der Waals surface area contributed by atoms with Crippen LogP contribution in [0.1, 0.15) is 24.6 Å². The third kappa shape index (κ3) is 3.44. The van der Waals surface area contributed by atoms with Crippen molar-refractivity contribution >= 4 is 5.95 Å². The molecule has 3 heterocycles. The number of anilines is 1. The van der Waals surface area contributed by atoms with Crippen LogP contribution in [0.4, 0.5) is 5.95 Å². The summed E-state index contributed by atoms with van der Waals surface area (Å²) in [4.78, 5) is 11.0. The van der Waals surface area contributed by atoms with Gasteiger partial charge in [0.2, 0.25) is 11.8 Å². The number of rotatable bonds is 5. The Morgan fingerprint density at radius 1 is 1.30 bits per heavy atom. The van der Waals surface area contributed by atoms with E-state index in [1.54, 1.807) is 19.4 Å². The summed E-state index contributed by atoms with van der Waals surface area (Å²) in [6, 6.07) is 4.22. The average Bonchev–Trinajstić information content (AvgIpc) is 2.99. The van der Waals surface area contributed by atoms with E-state index in [0.717, 1.165) is 13.1 Å². The second-order valence-electron chi connectivity index (χ2n) is 6.01. The molecular weight excluding hydrogens is 292 g/mol. The van der Waals surface area contributed by atoms with Crippen LogP contribution in [-0.4, -0.2) is 51.9 Å². The number of aromatic nitrogens is 4. The van der Waals surface area contributed by atoms with Gasteiger partial charge in [-0.15, -0.1) is 0 Å². The van der Waals surface area contributed by atoms with Crippen LogP contribution in [0.2, 0.25) is 0 Å². The van der Waals surface area contributed by atoms with E-state index < -0.39 is 0 Å². The monoisotopic (exact) mass is 316 g/mol. The first-order chi connectivity index (χ1) is 11.2. The van der Waals surface area contributed by atoms with Crippen LogP contribution in [0, 0.1) is 5.92 Å². The molecule has 124 valence electrons. The molecule has 0 saturated carbocycles. The molecule has 3 rings (SSSR count). The Morgan fingerprint density at radius 3 is 2.91 bits per heavy atom. The first-order valence-corrected chi connectivity index (χ1v) is 7.98. The van der Waals surface area contributed by atoms with E-state index >= 15 is 0 Å². The molecule has 1 saturated heterocycles. The number of likely N-dealkylation sites (tertiary alicyclic amines) is 1. The predicted octanol–water partition coefficient (Wildman–Crippen LogP) is 1.71. The van der Waals surface area contributed by atoms with Gasteiger partial charge in [-0.3, -0.25) is 9.58 Å². The highest BCUT2D eigenvalue weighted by Gasteiger charge is 2.32. The highest BCUT2D eigenvalue weighted by molar-refractivity contribution is 5.27. The lowest BCUT2D eigenvalue weighted by atomic mass is 9.87. The van der Waals surface area contributed by atoms with E-state index in [0.29, 0.717) is 23.8 Å². The molecule has 23 heavy (non-hydrogen) atoms. The molecule has 1 fully saturated rings. The van der Waals surface area contributed by atoms with Gasteiger partial charge in [-0.1, -0.05) is 0 Å². The minimum atomic E-state index is 0.356. The Balaban J connectivity index is 1.73. The zero-order valence-corrected chi connectivity index (χ0v) is 13.9. The van der Waals surface area contributed by atoms with Crippen LogP contribution in [0.3, 0.4) is 0 Å². The summed E-state index contributed by atoms with van der Waals surface area (Å²) in [6.07, 6.45) is 5.96. The van der Waals surface area contributed by atoms with Crippen molar-refractivity contribution in [2.24, 2.45) is 13.0 Å². The molecule has 0 unspecified atom stereocenters. The number of hydrogen-bond acceptors (Lipinski definition) is 6. The number of hydrogen-bond donors (Lipinski definition) is 1. The number of methoxy groups -OCH3 is 1. The van der Waals surface area contributed by atoms with Crippen LogP contribution in [-0.2, 0) is 7.05 Å². The fourth-order valence-electron chi connectivity index (χ4n) is 3.38. The SMILES string of the molecule is COc1ccnc(NC[C@@H]2CCCN(C)[C@H]2c2ccnn2C)n1. The lowest BCUT2D eigenvalue weighted by molar-refractivity contribution is 0.121. The van der Waals surface area contributed by atoms with E-state index in [-0.39, 0.29) is 0 Å². The van der Waals surface area contributed by atoms with Gasteiger partial charge in [0.1, 0.15) is 0 Å². The van der Waals surface area contributed by atoms with Crippen molar-refractivity contribution in [3.05, 3.63) is 30.2 Å². The largest absolute Gasteiger partial charge is 0.481 e. The van der Waals surface area contributed by atoms with Crippen molar-refractivity contribution in [2.45, 2.75) is 18.9 Å². The summed E-state index contributed by atoms with van der Waals surface area (Å²) in [6.45, 7) is 1.94. The predicted molar refractivity (Wildman–Crippen MR) is 88.4 cm³/mol. The Hall–Kier alpha value is -2.15. The lowest BCUT2D eigenvalue weighted by Crippen LogP contribution is -2.40. The van der Waals surface area contributed by atoms with Gasteiger partial charge >= 0.3 is 0 Å². The molecule has 2 aromatic heterocycles.